The smallest absolute Gasteiger partial charge is 0.210 e. The SMILES string of the molecule is O=S(=O)(NCC1CCCS1)c1ccc(Br)cc1Cl. The zero-order valence-corrected chi connectivity index (χ0v) is 13.5. The minimum absolute atomic E-state index is 0.135. The maximum atomic E-state index is 12.1. The Kier molecular flexibility index (Phi) is 4.99. The van der Waals surface area contributed by atoms with Crippen molar-refractivity contribution in [3.63, 3.8) is 0 Å². The summed E-state index contributed by atoms with van der Waals surface area (Å²) in [5, 5.41) is 0.616. The molecule has 1 heterocycles. The topological polar surface area (TPSA) is 46.2 Å². The molecule has 0 spiro atoms. The molecule has 0 bridgehead atoms. The van der Waals surface area contributed by atoms with Gasteiger partial charge in [-0.05, 0) is 36.8 Å². The summed E-state index contributed by atoms with van der Waals surface area (Å²) in [5.74, 6) is 1.12. The minimum atomic E-state index is -3.51. The number of hydrogen-bond acceptors (Lipinski definition) is 3. The van der Waals surface area contributed by atoms with Gasteiger partial charge in [-0.25, -0.2) is 13.1 Å². The highest BCUT2D eigenvalue weighted by Gasteiger charge is 2.21. The van der Waals surface area contributed by atoms with E-state index in [2.05, 4.69) is 20.7 Å². The van der Waals surface area contributed by atoms with Gasteiger partial charge in [0.15, 0.2) is 0 Å². The molecule has 1 aliphatic heterocycles. The van der Waals surface area contributed by atoms with Crippen molar-refractivity contribution in [2.75, 3.05) is 12.3 Å². The zero-order chi connectivity index (χ0) is 13.2. The van der Waals surface area contributed by atoms with Gasteiger partial charge in [-0.1, -0.05) is 27.5 Å². The zero-order valence-electron chi connectivity index (χ0n) is 9.53. The van der Waals surface area contributed by atoms with Crippen LogP contribution in [0, 0.1) is 0 Å². The van der Waals surface area contributed by atoms with E-state index >= 15 is 0 Å². The van der Waals surface area contributed by atoms with Crippen molar-refractivity contribution in [2.24, 2.45) is 0 Å². The van der Waals surface area contributed by atoms with Crippen LogP contribution in [0.15, 0.2) is 27.6 Å². The van der Waals surface area contributed by atoms with E-state index in [1.54, 1.807) is 12.1 Å². The van der Waals surface area contributed by atoms with Gasteiger partial charge < -0.3 is 0 Å². The van der Waals surface area contributed by atoms with E-state index in [1.165, 1.54) is 6.07 Å². The molecular weight excluding hydrogens is 358 g/mol. The molecule has 7 heteroatoms. The maximum Gasteiger partial charge on any atom is 0.242 e. The van der Waals surface area contributed by atoms with Gasteiger partial charge in [0.25, 0.3) is 0 Å². The molecule has 18 heavy (non-hydrogen) atoms. The summed E-state index contributed by atoms with van der Waals surface area (Å²) < 4.78 is 27.6. The van der Waals surface area contributed by atoms with Gasteiger partial charge in [0.2, 0.25) is 10.0 Å². The number of hydrogen-bond donors (Lipinski definition) is 1. The van der Waals surface area contributed by atoms with Crippen LogP contribution in [0.3, 0.4) is 0 Å². The summed E-state index contributed by atoms with van der Waals surface area (Å²) in [6, 6.07) is 4.77. The molecule has 0 aliphatic carbocycles. The van der Waals surface area contributed by atoms with Crippen LogP contribution in [0.2, 0.25) is 5.02 Å². The van der Waals surface area contributed by atoms with E-state index in [0.717, 1.165) is 23.1 Å². The van der Waals surface area contributed by atoms with Gasteiger partial charge >= 0.3 is 0 Å². The Morgan fingerprint density at radius 2 is 2.28 bits per heavy atom. The maximum absolute atomic E-state index is 12.1. The number of nitrogens with one attached hydrogen (secondary N) is 1. The fourth-order valence-corrected chi connectivity index (χ4v) is 5.20. The predicted molar refractivity (Wildman–Crippen MR) is 79.8 cm³/mol. The molecule has 1 aromatic carbocycles. The quantitative estimate of drug-likeness (QED) is 0.884. The second kappa shape index (κ2) is 6.13. The molecular formula is C11H13BrClNO2S2. The number of sulfonamides is 1. The highest BCUT2D eigenvalue weighted by atomic mass is 79.9. The lowest BCUT2D eigenvalue weighted by Gasteiger charge is -2.11. The number of benzene rings is 1. The summed E-state index contributed by atoms with van der Waals surface area (Å²) in [6.45, 7) is 0.472. The van der Waals surface area contributed by atoms with Crippen LogP contribution in [0.5, 0.6) is 0 Å². The number of rotatable bonds is 4. The van der Waals surface area contributed by atoms with Crippen LogP contribution in [0.4, 0.5) is 0 Å². The second-order valence-corrected chi connectivity index (χ2v) is 8.53. The minimum Gasteiger partial charge on any atom is -0.210 e. The van der Waals surface area contributed by atoms with Gasteiger partial charge in [0.1, 0.15) is 4.90 Å². The lowest BCUT2D eigenvalue weighted by Crippen LogP contribution is -2.30. The van der Waals surface area contributed by atoms with E-state index in [-0.39, 0.29) is 9.92 Å². The predicted octanol–water partition coefficient (Wildman–Crippen LogP) is 3.28. The van der Waals surface area contributed by atoms with E-state index in [0.29, 0.717) is 11.8 Å². The average Bonchev–Trinajstić information content (AvgIpc) is 2.78. The highest BCUT2D eigenvalue weighted by molar-refractivity contribution is 9.10. The third kappa shape index (κ3) is 3.63. The summed E-state index contributed by atoms with van der Waals surface area (Å²) in [4.78, 5) is 0.135. The molecule has 1 N–H and O–H groups in total. The molecule has 1 atom stereocenters. The van der Waals surface area contributed by atoms with Crippen LogP contribution in [0.25, 0.3) is 0 Å². The summed E-state index contributed by atoms with van der Waals surface area (Å²) in [6.07, 6.45) is 2.23. The Hall–Kier alpha value is 0.250. The van der Waals surface area contributed by atoms with Crippen molar-refractivity contribution < 1.29 is 8.42 Å². The Morgan fingerprint density at radius 3 is 2.89 bits per heavy atom. The summed E-state index contributed by atoms with van der Waals surface area (Å²) in [5.41, 5.74) is 0. The van der Waals surface area contributed by atoms with Crippen LogP contribution in [-0.4, -0.2) is 26.0 Å². The van der Waals surface area contributed by atoms with Crippen molar-refractivity contribution in [2.45, 2.75) is 23.0 Å². The summed E-state index contributed by atoms with van der Waals surface area (Å²) >= 11 is 11.0. The Balaban J connectivity index is 2.09. The second-order valence-electron chi connectivity index (χ2n) is 4.06. The molecule has 1 aromatic rings. The molecule has 0 aromatic heterocycles. The van der Waals surface area contributed by atoms with Crippen molar-refractivity contribution in [1.82, 2.24) is 4.72 Å². The van der Waals surface area contributed by atoms with Crippen molar-refractivity contribution in [3.05, 3.63) is 27.7 Å². The number of thioether (sulfide) groups is 1. The fraction of sp³-hybridized carbons (Fsp3) is 0.455. The Morgan fingerprint density at radius 1 is 1.50 bits per heavy atom. The third-order valence-electron chi connectivity index (χ3n) is 2.71. The van der Waals surface area contributed by atoms with Crippen LogP contribution >= 0.6 is 39.3 Å². The molecule has 3 nitrogen and oxygen atoms in total. The molecule has 1 unspecified atom stereocenters. The Labute approximate surface area is 125 Å². The van der Waals surface area contributed by atoms with E-state index in [9.17, 15) is 8.42 Å². The standard InChI is InChI=1S/C11H13BrClNO2S2/c12-8-3-4-11(10(13)6-8)18(15,16)14-7-9-2-1-5-17-9/h3-4,6,9,14H,1-2,5,7H2. The molecule has 2 rings (SSSR count). The normalized spacial score (nSPS) is 20.2. The Bertz CT molecular complexity index is 530. The van der Waals surface area contributed by atoms with E-state index in [4.69, 9.17) is 11.6 Å². The first-order chi connectivity index (χ1) is 8.49. The van der Waals surface area contributed by atoms with Crippen LogP contribution < -0.4 is 4.72 Å². The molecule has 0 amide bonds. The first-order valence-electron chi connectivity index (χ1n) is 5.55. The van der Waals surface area contributed by atoms with Crippen molar-refractivity contribution in [3.8, 4) is 0 Å². The van der Waals surface area contributed by atoms with Gasteiger partial charge in [0.05, 0.1) is 5.02 Å². The fourth-order valence-electron chi connectivity index (χ4n) is 1.78. The van der Waals surface area contributed by atoms with Gasteiger partial charge in [-0.2, -0.15) is 11.8 Å². The highest BCUT2D eigenvalue weighted by Crippen LogP contribution is 2.27. The van der Waals surface area contributed by atoms with E-state index < -0.39 is 10.0 Å². The first kappa shape index (κ1) is 14.7. The lowest BCUT2D eigenvalue weighted by atomic mass is 10.2. The average molecular weight is 371 g/mol. The molecule has 1 fully saturated rings. The van der Waals surface area contributed by atoms with Crippen LogP contribution in [-0.2, 0) is 10.0 Å². The largest absolute Gasteiger partial charge is 0.242 e. The van der Waals surface area contributed by atoms with Gasteiger partial charge in [-0.3, -0.25) is 0 Å². The van der Waals surface area contributed by atoms with Crippen molar-refractivity contribution in [1.29, 1.82) is 0 Å². The summed E-state index contributed by atoms with van der Waals surface area (Å²) in [7, 11) is -3.51. The van der Waals surface area contributed by atoms with E-state index in [1.807, 2.05) is 11.8 Å². The molecule has 100 valence electrons. The first-order valence-corrected chi connectivity index (χ1v) is 9.25. The number of halogens is 2. The monoisotopic (exact) mass is 369 g/mol. The van der Waals surface area contributed by atoms with Crippen LogP contribution in [0.1, 0.15) is 12.8 Å². The lowest BCUT2D eigenvalue weighted by molar-refractivity contribution is 0.579. The molecule has 0 radical (unpaired) electrons. The molecule has 1 aliphatic rings. The van der Waals surface area contributed by atoms with Gasteiger partial charge in [-0.15, -0.1) is 0 Å². The van der Waals surface area contributed by atoms with Crippen molar-refractivity contribution >= 4 is 49.3 Å². The van der Waals surface area contributed by atoms with Gasteiger partial charge in [0, 0.05) is 16.3 Å². The molecule has 1 saturated heterocycles. The third-order valence-corrected chi connectivity index (χ3v) is 6.51. The molecule has 0 saturated carbocycles.